The highest BCUT2D eigenvalue weighted by Gasteiger charge is 2.24. The average Bonchev–Trinajstić information content (AvgIpc) is 2.73. The van der Waals surface area contributed by atoms with E-state index in [0.29, 0.717) is 11.6 Å². The Balaban J connectivity index is 1.73. The second-order valence-corrected chi connectivity index (χ2v) is 8.48. The van der Waals surface area contributed by atoms with Crippen LogP contribution in [0.1, 0.15) is 39.0 Å². The van der Waals surface area contributed by atoms with Gasteiger partial charge in [0.05, 0.1) is 0 Å². The molecule has 0 aliphatic heterocycles. The minimum Gasteiger partial charge on any atom is -0.480 e. The first kappa shape index (κ1) is 23.1. The molecule has 0 saturated heterocycles. The standard InChI is InChI=1S/C25H28N2O5/c1-5-18-15-17-8-6-7-9-20(17)22(26-18)31-19-12-10-16(11-13-19)14-21(23(28)29)27-24(30)32-25(2,3)4/h6-13,15,21H,5,14H2,1-4H3,(H,27,30)(H,28,29). The molecule has 0 aliphatic carbocycles. The molecular weight excluding hydrogens is 408 g/mol. The van der Waals surface area contributed by atoms with Crippen LogP contribution in [0.15, 0.2) is 54.6 Å². The summed E-state index contributed by atoms with van der Waals surface area (Å²) in [7, 11) is 0. The zero-order valence-electron chi connectivity index (χ0n) is 18.7. The molecule has 1 atom stereocenters. The van der Waals surface area contributed by atoms with Crippen molar-refractivity contribution in [2.45, 2.75) is 52.2 Å². The van der Waals surface area contributed by atoms with Gasteiger partial charge in [-0.2, -0.15) is 0 Å². The van der Waals surface area contributed by atoms with Gasteiger partial charge in [0.25, 0.3) is 0 Å². The molecule has 0 saturated carbocycles. The fourth-order valence-corrected chi connectivity index (χ4v) is 3.17. The summed E-state index contributed by atoms with van der Waals surface area (Å²) >= 11 is 0. The highest BCUT2D eigenvalue weighted by Crippen LogP contribution is 2.29. The highest BCUT2D eigenvalue weighted by atomic mass is 16.6. The molecule has 7 heteroatoms. The Bertz CT molecular complexity index is 1100. The number of aryl methyl sites for hydroxylation is 1. The Morgan fingerprint density at radius 3 is 2.41 bits per heavy atom. The van der Waals surface area contributed by atoms with Crippen molar-refractivity contribution in [2.75, 3.05) is 0 Å². The lowest BCUT2D eigenvalue weighted by molar-refractivity contribution is -0.139. The van der Waals surface area contributed by atoms with Crippen molar-refractivity contribution < 1.29 is 24.2 Å². The summed E-state index contributed by atoms with van der Waals surface area (Å²) in [5.74, 6) is -0.0161. The molecule has 32 heavy (non-hydrogen) atoms. The number of carbonyl (C=O) groups is 2. The number of hydrogen-bond donors (Lipinski definition) is 2. The smallest absolute Gasteiger partial charge is 0.408 e. The van der Waals surface area contributed by atoms with Crippen LogP contribution in [0.25, 0.3) is 10.8 Å². The number of carboxylic acid groups (broad SMARTS) is 1. The zero-order chi connectivity index (χ0) is 23.3. The van der Waals surface area contributed by atoms with Crippen LogP contribution in [-0.2, 0) is 22.4 Å². The molecule has 3 aromatic rings. The van der Waals surface area contributed by atoms with Crippen LogP contribution in [0.5, 0.6) is 11.6 Å². The fraction of sp³-hybridized carbons (Fsp3) is 0.320. The summed E-state index contributed by atoms with van der Waals surface area (Å²) < 4.78 is 11.2. The first-order chi connectivity index (χ1) is 15.1. The molecule has 1 amide bonds. The minimum absolute atomic E-state index is 0.112. The van der Waals surface area contributed by atoms with E-state index in [9.17, 15) is 14.7 Å². The largest absolute Gasteiger partial charge is 0.480 e. The third-order valence-corrected chi connectivity index (χ3v) is 4.69. The molecule has 3 rings (SSSR count). The summed E-state index contributed by atoms with van der Waals surface area (Å²) in [5.41, 5.74) is 0.966. The van der Waals surface area contributed by atoms with E-state index in [0.717, 1.165) is 28.5 Å². The van der Waals surface area contributed by atoms with Gasteiger partial charge in [0, 0.05) is 17.5 Å². The molecule has 1 unspecified atom stereocenters. The van der Waals surface area contributed by atoms with Gasteiger partial charge in [0.1, 0.15) is 17.4 Å². The van der Waals surface area contributed by atoms with E-state index in [1.54, 1.807) is 45.0 Å². The van der Waals surface area contributed by atoms with Gasteiger partial charge in [-0.05, 0) is 62.4 Å². The van der Waals surface area contributed by atoms with E-state index < -0.39 is 23.7 Å². The van der Waals surface area contributed by atoms with Gasteiger partial charge in [-0.1, -0.05) is 37.3 Å². The molecular formula is C25H28N2O5. The molecule has 2 N–H and O–H groups in total. The number of aromatic nitrogens is 1. The number of aliphatic carboxylic acids is 1. The fourth-order valence-electron chi connectivity index (χ4n) is 3.17. The third-order valence-electron chi connectivity index (χ3n) is 4.69. The first-order valence-electron chi connectivity index (χ1n) is 10.5. The van der Waals surface area contributed by atoms with Gasteiger partial charge in [0.2, 0.25) is 5.88 Å². The zero-order valence-corrected chi connectivity index (χ0v) is 18.7. The quantitative estimate of drug-likeness (QED) is 0.534. The number of ether oxygens (including phenoxy) is 2. The van der Waals surface area contributed by atoms with Crippen LogP contribution in [0.3, 0.4) is 0 Å². The molecule has 0 spiro atoms. The minimum atomic E-state index is -1.14. The summed E-state index contributed by atoms with van der Waals surface area (Å²) in [6.45, 7) is 7.19. The maximum absolute atomic E-state index is 12.0. The summed E-state index contributed by atoms with van der Waals surface area (Å²) in [6, 6.07) is 15.9. The molecule has 0 fully saturated rings. The van der Waals surface area contributed by atoms with Gasteiger partial charge >= 0.3 is 12.1 Å². The molecule has 2 aromatic carbocycles. The number of benzene rings is 2. The normalized spacial score (nSPS) is 12.2. The maximum Gasteiger partial charge on any atom is 0.408 e. The number of fused-ring (bicyclic) bond motifs is 1. The monoisotopic (exact) mass is 436 g/mol. The number of carbonyl (C=O) groups excluding carboxylic acids is 1. The summed E-state index contributed by atoms with van der Waals surface area (Å²) in [6.07, 6.45) is 0.140. The summed E-state index contributed by atoms with van der Waals surface area (Å²) in [5, 5.41) is 13.9. The molecule has 7 nitrogen and oxygen atoms in total. The number of hydrogen-bond acceptors (Lipinski definition) is 5. The molecule has 0 bridgehead atoms. The van der Waals surface area contributed by atoms with E-state index in [4.69, 9.17) is 9.47 Å². The molecule has 168 valence electrons. The highest BCUT2D eigenvalue weighted by molar-refractivity contribution is 5.87. The Labute approximate surface area is 187 Å². The van der Waals surface area contributed by atoms with E-state index in [1.807, 2.05) is 31.2 Å². The Kier molecular flexibility index (Phi) is 6.98. The Morgan fingerprint density at radius 2 is 1.78 bits per heavy atom. The predicted molar refractivity (Wildman–Crippen MR) is 122 cm³/mol. The summed E-state index contributed by atoms with van der Waals surface area (Å²) in [4.78, 5) is 28.2. The van der Waals surface area contributed by atoms with Crippen LogP contribution in [0.4, 0.5) is 4.79 Å². The lowest BCUT2D eigenvalue weighted by Crippen LogP contribution is -2.44. The lowest BCUT2D eigenvalue weighted by Gasteiger charge is -2.22. The van der Waals surface area contributed by atoms with Crippen LogP contribution < -0.4 is 10.1 Å². The third kappa shape index (κ3) is 6.20. The van der Waals surface area contributed by atoms with Gasteiger partial charge in [-0.3, -0.25) is 0 Å². The van der Waals surface area contributed by atoms with Gasteiger partial charge in [0.15, 0.2) is 0 Å². The van der Waals surface area contributed by atoms with Gasteiger partial charge in [-0.25, -0.2) is 14.6 Å². The molecule has 1 heterocycles. The van der Waals surface area contributed by atoms with Crippen LogP contribution in [0, 0.1) is 0 Å². The number of pyridine rings is 1. The van der Waals surface area contributed by atoms with Crippen molar-refractivity contribution >= 4 is 22.8 Å². The molecule has 0 radical (unpaired) electrons. The number of carboxylic acids is 1. The van der Waals surface area contributed by atoms with E-state index in [2.05, 4.69) is 16.4 Å². The van der Waals surface area contributed by atoms with Crippen molar-refractivity contribution in [3.05, 3.63) is 65.9 Å². The van der Waals surface area contributed by atoms with Crippen LogP contribution in [-0.4, -0.2) is 33.8 Å². The van der Waals surface area contributed by atoms with Crippen molar-refractivity contribution in [3.63, 3.8) is 0 Å². The average molecular weight is 437 g/mol. The number of amides is 1. The molecule has 1 aromatic heterocycles. The van der Waals surface area contributed by atoms with E-state index >= 15 is 0 Å². The maximum atomic E-state index is 12.0. The van der Waals surface area contributed by atoms with E-state index in [1.165, 1.54) is 0 Å². The van der Waals surface area contributed by atoms with Crippen LogP contribution >= 0.6 is 0 Å². The SMILES string of the molecule is CCc1cc2ccccc2c(Oc2ccc(CC(NC(=O)OC(C)(C)C)C(=O)O)cc2)n1. The number of nitrogens with one attached hydrogen (secondary N) is 1. The number of alkyl carbamates (subject to hydrolysis) is 1. The van der Waals surface area contributed by atoms with E-state index in [-0.39, 0.29) is 6.42 Å². The topological polar surface area (TPSA) is 97.8 Å². The van der Waals surface area contributed by atoms with Gasteiger partial charge in [-0.15, -0.1) is 0 Å². The number of rotatable bonds is 7. The lowest BCUT2D eigenvalue weighted by atomic mass is 10.1. The van der Waals surface area contributed by atoms with Crippen molar-refractivity contribution in [2.24, 2.45) is 0 Å². The van der Waals surface area contributed by atoms with Gasteiger partial charge < -0.3 is 19.9 Å². The molecule has 0 aliphatic rings. The number of nitrogens with zero attached hydrogens (tertiary/aromatic N) is 1. The second-order valence-electron chi connectivity index (χ2n) is 8.48. The Morgan fingerprint density at radius 1 is 1.09 bits per heavy atom. The second kappa shape index (κ2) is 9.68. The van der Waals surface area contributed by atoms with Crippen LogP contribution in [0.2, 0.25) is 0 Å². The predicted octanol–water partition coefficient (Wildman–Crippen LogP) is 5.11. The Hall–Kier alpha value is -3.61. The van der Waals surface area contributed by atoms with Crippen molar-refractivity contribution in [1.29, 1.82) is 0 Å². The van der Waals surface area contributed by atoms with Crippen molar-refractivity contribution in [1.82, 2.24) is 10.3 Å². The van der Waals surface area contributed by atoms with Crippen molar-refractivity contribution in [3.8, 4) is 11.6 Å². The first-order valence-corrected chi connectivity index (χ1v) is 10.5.